The Balaban J connectivity index is 1.16. The number of benzene rings is 1. The molecule has 0 radical (unpaired) electrons. The number of hydrogen-bond donors (Lipinski definition) is 1. The van der Waals surface area contributed by atoms with Gasteiger partial charge in [0.25, 0.3) is 5.56 Å². The van der Waals surface area contributed by atoms with Crippen LogP contribution in [-0.4, -0.2) is 15.3 Å². The molecule has 4 aliphatic rings. The summed E-state index contributed by atoms with van der Waals surface area (Å²) in [6.07, 6.45) is 8.84. The van der Waals surface area contributed by atoms with E-state index in [4.69, 9.17) is 4.74 Å². The van der Waals surface area contributed by atoms with E-state index >= 15 is 0 Å². The number of nitrogens with zero attached hydrogens (tertiary/aromatic N) is 2. The number of carbonyl (C=O) groups is 1. The Hall–Kier alpha value is -3.15. The van der Waals surface area contributed by atoms with Gasteiger partial charge in [0, 0.05) is 24.0 Å². The average molecular weight is 444 g/mol. The zero-order chi connectivity index (χ0) is 22.6. The standard InChI is InChI=1S/C27H29N3O3/c1-17-5-6-30-24(7-17)28-22(12-25(30)31)16-33-23-4-2-3-21(11-23)29-26(32)27-13-18-8-19(14-27)10-20(9-18)15-27/h2-7,11-12,18-20H,8-10,13-16H2,1H3,(H,29,32). The van der Waals surface area contributed by atoms with Crippen LogP contribution in [0.4, 0.5) is 5.69 Å². The molecule has 4 fully saturated rings. The summed E-state index contributed by atoms with van der Waals surface area (Å²) in [5.41, 5.74) is 2.68. The third-order valence-electron chi connectivity index (χ3n) is 7.87. The first-order valence-electron chi connectivity index (χ1n) is 12.0. The number of nitrogens with one attached hydrogen (secondary N) is 1. The second kappa shape index (κ2) is 7.72. The van der Waals surface area contributed by atoms with Crippen molar-refractivity contribution in [3.8, 4) is 5.75 Å². The van der Waals surface area contributed by atoms with E-state index in [2.05, 4.69) is 10.3 Å². The van der Waals surface area contributed by atoms with Crippen molar-refractivity contribution in [3.05, 3.63) is 70.3 Å². The molecule has 0 saturated heterocycles. The molecule has 4 bridgehead atoms. The molecule has 2 aromatic heterocycles. The van der Waals surface area contributed by atoms with Crippen molar-refractivity contribution in [2.75, 3.05) is 5.32 Å². The van der Waals surface area contributed by atoms with Crippen molar-refractivity contribution in [1.82, 2.24) is 9.38 Å². The highest BCUT2D eigenvalue weighted by molar-refractivity contribution is 5.95. The largest absolute Gasteiger partial charge is 0.487 e. The number of ether oxygens (including phenoxy) is 1. The number of fused-ring (bicyclic) bond motifs is 1. The highest BCUT2D eigenvalue weighted by atomic mass is 16.5. The monoisotopic (exact) mass is 443 g/mol. The molecule has 1 N–H and O–H groups in total. The molecule has 1 amide bonds. The van der Waals surface area contributed by atoms with Gasteiger partial charge in [-0.2, -0.15) is 0 Å². The summed E-state index contributed by atoms with van der Waals surface area (Å²) in [5, 5.41) is 3.19. The fraction of sp³-hybridized carbons (Fsp3) is 0.444. The number of carbonyl (C=O) groups excluding carboxylic acids is 1. The minimum absolute atomic E-state index is 0.129. The van der Waals surface area contributed by atoms with E-state index < -0.39 is 0 Å². The Kier molecular flexibility index (Phi) is 4.78. The van der Waals surface area contributed by atoms with E-state index in [0.717, 1.165) is 48.3 Å². The van der Waals surface area contributed by atoms with Gasteiger partial charge in [0.15, 0.2) is 0 Å². The molecule has 4 saturated carbocycles. The number of aromatic nitrogens is 2. The predicted molar refractivity (Wildman–Crippen MR) is 126 cm³/mol. The van der Waals surface area contributed by atoms with Gasteiger partial charge >= 0.3 is 0 Å². The van der Waals surface area contributed by atoms with Crippen molar-refractivity contribution in [3.63, 3.8) is 0 Å². The number of rotatable bonds is 5. The van der Waals surface area contributed by atoms with Crippen LogP contribution in [0, 0.1) is 30.1 Å². The molecule has 4 aliphatic carbocycles. The Morgan fingerprint density at radius 2 is 1.82 bits per heavy atom. The molecule has 0 aliphatic heterocycles. The lowest BCUT2D eigenvalue weighted by molar-refractivity contribution is -0.140. The van der Waals surface area contributed by atoms with E-state index in [1.165, 1.54) is 29.7 Å². The van der Waals surface area contributed by atoms with Gasteiger partial charge in [-0.25, -0.2) is 4.98 Å². The first kappa shape index (κ1) is 20.5. The van der Waals surface area contributed by atoms with Gasteiger partial charge in [-0.1, -0.05) is 6.07 Å². The smallest absolute Gasteiger partial charge is 0.258 e. The molecule has 170 valence electrons. The molecule has 6 heteroatoms. The molecule has 7 rings (SSSR count). The normalized spacial score (nSPS) is 27.6. The van der Waals surface area contributed by atoms with E-state index in [1.54, 1.807) is 6.20 Å². The van der Waals surface area contributed by atoms with Gasteiger partial charge in [0.05, 0.1) is 11.1 Å². The second-order valence-electron chi connectivity index (χ2n) is 10.5. The van der Waals surface area contributed by atoms with E-state index in [9.17, 15) is 9.59 Å². The van der Waals surface area contributed by atoms with Crippen LogP contribution < -0.4 is 15.6 Å². The molecule has 0 atom stereocenters. The van der Waals surface area contributed by atoms with E-state index in [-0.39, 0.29) is 23.5 Å². The summed E-state index contributed by atoms with van der Waals surface area (Å²) < 4.78 is 7.46. The maximum absolute atomic E-state index is 13.3. The second-order valence-corrected chi connectivity index (χ2v) is 10.5. The fourth-order valence-electron chi connectivity index (χ4n) is 6.80. The van der Waals surface area contributed by atoms with Crippen LogP contribution >= 0.6 is 0 Å². The maximum atomic E-state index is 13.3. The molecular formula is C27H29N3O3. The van der Waals surface area contributed by atoms with Gasteiger partial charge in [0.1, 0.15) is 18.0 Å². The molecule has 3 aromatic rings. The average Bonchev–Trinajstić information content (AvgIpc) is 2.77. The Labute approximate surface area is 193 Å². The molecule has 33 heavy (non-hydrogen) atoms. The third-order valence-corrected chi connectivity index (χ3v) is 7.87. The van der Waals surface area contributed by atoms with E-state index in [0.29, 0.717) is 17.1 Å². The van der Waals surface area contributed by atoms with Gasteiger partial charge in [-0.05, 0) is 93.0 Å². The topological polar surface area (TPSA) is 72.7 Å². The zero-order valence-electron chi connectivity index (χ0n) is 18.9. The van der Waals surface area contributed by atoms with Crippen LogP contribution in [0.15, 0.2) is 53.5 Å². The highest BCUT2D eigenvalue weighted by Gasteiger charge is 2.54. The van der Waals surface area contributed by atoms with Gasteiger partial charge in [-0.15, -0.1) is 0 Å². The van der Waals surface area contributed by atoms with Crippen molar-refractivity contribution >= 4 is 17.2 Å². The Morgan fingerprint density at radius 3 is 2.55 bits per heavy atom. The van der Waals surface area contributed by atoms with E-state index in [1.807, 2.05) is 43.3 Å². The maximum Gasteiger partial charge on any atom is 0.258 e. The first-order chi connectivity index (χ1) is 16.0. The molecule has 0 unspecified atom stereocenters. The lowest BCUT2D eigenvalue weighted by Crippen LogP contribution is -2.51. The van der Waals surface area contributed by atoms with Crippen LogP contribution in [0.2, 0.25) is 0 Å². The quantitative estimate of drug-likeness (QED) is 0.618. The molecule has 2 heterocycles. The summed E-state index contributed by atoms with van der Waals surface area (Å²) in [6.45, 7) is 2.16. The van der Waals surface area contributed by atoms with Gasteiger partial charge < -0.3 is 10.1 Å². The first-order valence-corrected chi connectivity index (χ1v) is 12.0. The lowest BCUT2D eigenvalue weighted by Gasteiger charge is -2.55. The van der Waals surface area contributed by atoms with Crippen LogP contribution in [0.3, 0.4) is 0 Å². The van der Waals surface area contributed by atoms with Crippen LogP contribution in [0.1, 0.15) is 49.8 Å². The minimum atomic E-state index is -0.180. The zero-order valence-corrected chi connectivity index (χ0v) is 18.9. The van der Waals surface area contributed by atoms with Crippen LogP contribution in [0.5, 0.6) is 5.75 Å². The SMILES string of the molecule is Cc1ccn2c(=O)cc(COc3cccc(NC(=O)C45CC6CC(CC(C6)C4)C5)c3)nc2c1. The van der Waals surface area contributed by atoms with Crippen molar-refractivity contribution < 1.29 is 9.53 Å². The van der Waals surface area contributed by atoms with Gasteiger partial charge in [-0.3, -0.25) is 14.0 Å². The predicted octanol–water partition coefficient (Wildman–Crippen LogP) is 4.74. The number of pyridine rings is 1. The summed E-state index contributed by atoms with van der Waals surface area (Å²) >= 11 is 0. The summed E-state index contributed by atoms with van der Waals surface area (Å²) in [6, 6.07) is 12.8. The fourth-order valence-corrected chi connectivity index (χ4v) is 6.80. The molecular weight excluding hydrogens is 414 g/mol. The number of amides is 1. The number of anilines is 1. The van der Waals surface area contributed by atoms with Crippen LogP contribution in [0.25, 0.3) is 5.65 Å². The van der Waals surface area contributed by atoms with Crippen molar-refractivity contribution in [1.29, 1.82) is 0 Å². The number of hydrogen-bond acceptors (Lipinski definition) is 4. The molecule has 6 nitrogen and oxygen atoms in total. The van der Waals surface area contributed by atoms with Crippen molar-refractivity contribution in [2.24, 2.45) is 23.2 Å². The molecule has 1 aromatic carbocycles. The summed E-state index contributed by atoms with van der Waals surface area (Å²) in [5.74, 6) is 3.03. The Bertz CT molecular complexity index is 1260. The summed E-state index contributed by atoms with van der Waals surface area (Å²) in [7, 11) is 0. The van der Waals surface area contributed by atoms with Crippen LogP contribution in [-0.2, 0) is 11.4 Å². The minimum Gasteiger partial charge on any atom is -0.487 e. The lowest BCUT2D eigenvalue weighted by atomic mass is 9.49. The van der Waals surface area contributed by atoms with Gasteiger partial charge in [0.2, 0.25) is 5.91 Å². The summed E-state index contributed by atoms with van der Waals surface area (Å²) in [4.78, 5) is 30.3. The Morgan fingerprint density at radius 1 is 1.09 bits per heavy atom. The highest BCUT2D eigenvalue weighted by Crippen LogP contribution is 2.60. The van der Waals surface area contributed by atoms with Crippen molar-refractivity contribution in [2.45, 2.75) is 52.1 Å². The third kappa shape index (κ3) is 3.81. The molecule has 0 spiro atoms. The number of aryl methyl sites for hydroxylation is 1.